The van der Waals surface area contributed by atoms with E-state index in [1.165, 1.54) is 6.08 Å². The van der Waals surface area contributed by atoms with Crippen LogP contribution in [0.1, 0.15) is 18.2 Å². The van der Waals surface area contributed by atoms with E-state index < -0.39 is 21.9 Å². The number of hydrogen-bond donors (Lipinski definition) is 2. The van der Waals surface area contributed by atoms with Gasteiger partial charge in [-0.25, -0.2) is 13.2 Å². The molecule has 0 fully saturated rings. The zero-order valence-corrected chi connectivity index (χ0v) is 13.7. The molecule has 1 aromatic heterocycles. The smallest absolute Gasteiger partial charge is 0.319 e. The van der Waals surface area contributed by atoms with Crippen molar-refractivity contribution in [1.82, 2.24) is 5.32 Å². The summed E-state index contributed by atoms with van der Waals surface area (Å²) in [5.74, 6) is 0.782. The second kappa shape index (κ2) is 5.73. The van der Waals surface area contributed by atoms with Crippen molar-refractivity contribution in [3.05, 3.63) is 41.0 Å². The molecule has 0 aliphatic carbocycles. The van der Waals surface area contributed by atoms with Crippen molar-refractivity contribution in [2.75, 3.05) is 11.1 Å². The van der Waals surface area contributed by atoms with Gasteiger partial charge >= 0.3 is 6.03 Å². The molecule has 0 radical (unpaired) electrons. The van der Waals surface area contributed by atoms with Crippen LogP contribution in [0.2, 0.25) is 0 Å². The Kier molecular flexibility index (Phi) is 3.89. The molecule has 0 unspecified atom stereocenters. The van der Waals surface area contributed by atoms with E-state index in [1.54, 1.807) is 6.07 Å². The van der Waals surface area contributed by atoms with E-state index in [-0.39, 0.29) is 5.75 Å². The van der Waals surface area contributed by atoms with Gasteiger partial charge in [0, 0.05) is 17.2 Å². The fourth-order valence-corrected chi connectivity index (χ4v) is 3.96. The first-order valence-electron chi connectivity index (χ1n) is 7.39. The molecule has 2 heterocycles. The Morgan fingerprint density at radius 3 is 2.83 bits per heavy atom. The van der Waals surface area contributed by atoms with Crippen molar-refractivity contribution in [3.63, 3.8) is 0 Å². The van der Waals surface area contributed by atoms with Crippen LogP contribution >= 0.6 is 0 Å². The summed E-state index contributed by atoms with van der Waals surface area (Å²) in [6.07, 6.45) is 2.25. The lowest BCUT2D eigenvalue weighted by Gasteiger charge is -2.11. The van der Waals surface area contributed by atoms with Crippen LogP contribution in [-0.2, 0) is 16.3 Å². The third-order valence-electron chi connectivity index (χ3n) is 3.88. The number of benzene rings is 1. The molecular weight excluding hydrogens is 316 g/mol. The van der Waals surface area contributed by atoms with Crippen molar-refractivity contribution in [1.29, 1.82) is 0 Å². The number of fused-ring (bicyclic) bond motifs is 1. The fourth-order valence-electron chi connectivity index (χ4n) is 2.72. The average Bonchev–Trinajstić information content (AvgIpc) is 3.00. The molecule has 1 aliphatic rings. The highest BCUT2D eigenvalue weighted by molar-refractivity contribution is 7.94. The highest BCUT2D eigenvalue weighted by Crippen LogP contribution is 2.31. The van der Waals surface area contributed by atoms with Crippen LogP contribution in [-0.4, -0.2) is 26.2 Å². The van der Waals surface area contributed by atoms with Crippen LogP contribution in [0.25, 0.3) is 11.0 Å². The van der Waals surface area contributed by atoms with Crippen molar-refractivity contribution in [3.8, 4) is 0 Å². The number of furan rings is 1. The van der Waals surface area contributed by atoms with E-state index in [4.69, 9.17) is 4.42 Å². The molecule has 2 amide bonds. The fraction of sp³-hybridized carbons (Fsp3) is 0.312. The van der Waals surface area contributed by atoms with Gasteiger partial charge in [-0.05, 0) is 24.6 Å². The van der Waals surface area contributed by atoms with Crippen molar-refractivity contribution >= 4 is 32.5 Å². The lowest BCUT2D eigenvalue weighted by atomic mass is 10.1. The normalized spacial score (nSPS) is 19.1. The first kappa shape index (κ1) is 15.6. The summed E-state index contributed by atoms with van der Waals surface area (Å²) >= 11 is 0. The van der Waals surface area contributed by atoms with Gasteiger partial charge in [0.2, 0.25) is 0 Å². The van der Waals surface area contributed by atoms with Gasteiger partial charge in [-0.3, -0.25) is 0 Å². The third-order valence-corrected chi connectivity index (χ3v) is 5.27. The van der Waals surface area contributed by atoms with Gasteiger partial charge in [0.15, 0.2) is 15.4 Å². The summed E-state index contributed by atoms with van der Waals surface area (Å²) in [5.41, 5.74) is 2.26. The molecule has 7 heteroatoms. The summed E-state index contributed by atoms with van der Waals surface area (Å²) in [4.78, 5) is 12.1. The molecule has 1 aliphatic heterocycles. The summed E-state index contributed by atoms with van der Waals surface area (Å²) < 4.78 is 28.5. The molecule has 2 N–H and O–H groups in total. The molecule has 122 valence electrons. The molecule has 1 aromatic carbocycles. The maximum Gasteiger partial charge on any atom is 0.319 e. The monoisotopic (exact) mass is 334 g/mol. The molecule has 0 saturated carbocycles. The quantitative estimate of drug-likeness (QED) is 0.903. The molecule has 1 atom stereocenters. The number of rotatable bonds is 3. The predicted molar refractivity (Wildman–Crippen MR) is 89.2 cm³/mol. The van der Waals surface area contributed by atoms with Gasteiger partial charge in [-0.15, -0.1) is 0 Å². The number of carbonyl (C=O) groups is 1. The Balaban J connectivity index is 1.79. The van der Waals surface area contributed by atoms with Crippen LogP contribution < -0.4 is 10.6 Å². The minimum atomic E-state index is -3.20. The summed E-state index contributed by atoms with van der Waals surface area (Å²) in [6, 6.07) is 4.58. The van der Waals surface area contributed by atoms with Gasteiger partial charge in [0.25, 0.3) is 0 Å². The average molecular weight is 334 g/mol. The molecule has 0 spiro atoms. The molecule has 2 aromatic rings. The van der Waals surface area contributed by atoms with Crippen molar-refractivity contribution in [2.45, 2.75) is 26.3 Å². The molecule has 6 nitrogen and oxygen atoms in total. The van der Waals surface area contributed by atoms with E-state index in [2.05, 4.69) is 10.6 Å². The molecule has 23 heavy (non-hydrogen) atoms. The van der Waals surface area contributed by atoms with E-state index >= 15 is 0 Å². The number of anilines is 1. The van der Waals surface area contributed by atoms with Crippen molar-refractivity contribution < 1.29 is 17.6 Å². The second-order valence-corrected chi connectivity index (χ2v) is 7.48. The maximum absolute atomic E-state index is 12.1. The third kappa shape index (κ3) is 3.10. The first-order valence-corrected chi connectivity index (χ1v) is 9.10. The number of para-hydroxylation sites is 1. The molecular formula is C16H18N2O4S. The number of sulfone groups is 1. The van der Waals surface area contributed by atoms with Crippen LogP contribution in [0.15, 0.2) is 34.1 Å². The van der Waals surface area contributed by atoms with Gasteiger partial charge in [-0.1, -0.05) is 19.1 Å². The van der Waals surface area contributed by atoms with E-state index in [1.807, 2.05) is 26.0 Å². The van der Waals surface area contributed by atoms with Crippen LogP contribution in [0, 0.1) is 6.92 Å². The second-order valence-electron chi connectivity index (χ2n) is 5.55. The highest BCUT2D eigenvalue weighted by Gasteiger charge is 2.23. The Labute approximate surface area is 134 Å². The number of urea groups is 1. The molecule has 0 saturated heterocycles. The Bertz CT molecular complexity index is 896. The maximum atomic E-state index is 12.1. The minimum absolute atomic E-state index is 0.107. The highest BCUT2D eigenvalue weighted by atomic mass is 32.2. The summed E-state index contributed by atoms with van der Waals surface area (Å²) in [7, 11) is -3.20. The van der Waals surface area contributed by atoms with Gasteiger partial charge < -0.3 is 15.1 Å². The lowest BCUT2D eigenvalue weighted by Crippen LogP contribution is -2.38. The number of hydrogen-bond acceptors (Lipinski definition) is 4. The van der Waals surface area contributed by atoms with Gasteiger partial charge in [0.05, 0.1) is 17.5 Å². The topological polar surface area (TPSA) is 88.4 Å². The van der Waals surface area contributed by atoms with Crippen LogP contribution in [0.4, 0.5) is 10.5 Å². The number of carbonyl (C=O) groups excluding carboxylic acids is 1. The van der Waals surface area contributed by atoms with Crippen molar-refractivity contribution in [2.24, 2.45) is 0 Å². The predicted octanol–water partition coefficient (Wildman–Crippen LogP) is 2.74. The summed E-state index contributed by atoms with van der Waals surface area (Å²) in [6.45, 7) is 4.00. The number of amides is 2. The molecule has 0 bridgehead atoms. The number of aryl methyl sites for hydroxylation is 2. The molecule has 3 rings (SSSR count). The first-order chi connectivity index (χ1) is 10.9. The van der Waals surface area contributed by atoms with Crippen LogP contribution in [0.5, 0.6) is 0 Å². The minimum Gasteiger partial charge on any atom is -0.459 e. The van der Waals surface area contributed by atoms with Gasteiger partial charge in [0.1, 0.15) is 5.76 Å². The zero-order valence-electron chi connectivity index (χ0n) is 12.9. The Hall–Kier alpha value is -2.28. The standard InChI is InChI=1S/C16H18N2O4S/c1-3-14-10(2)12-5-4-6-13(15(12)22-14)18-16(19)17-11-7-8-23(20,21)9-11/h4-8,11H,3,9H2,1-2H3,(H2,17,18,19)/t11-/m1/s1. The van der Waals surface area contributed by atoms with E-state index in [0.717, 1.165) is 28.5 Å². The Morgan fingerprint density at radius 1 is 1.39 bits per heavy atom. The van der Waals surface area contributed by atoms with Crippen LogP contribution in [0.3, 0.4) is 0 Å². The SMILES string of the molecule is CCc1oc2c(NC(=O)N[C@@H]3C=CS(=O)(=O)C3)cccc2c1C. The summed E-state index contributed by atoms with van der Waals surface area (Å²) in [5, 5.41) is 7.44. The van der Waals surface area contributed by atoms with E-state index in [9.17, 15) is 13.2 Å². The lowest BCUT2D eigenvalue weighted by molar-refractivity contribution is 0.251. The van der Waals surface area contributed by atoms with Gasteiger partial charge in [-0.2, -0.15) is 0 Å². The van der Waals surface area contributed by atoms with E-state index in [0.29, 0.717) is 11.3 Å². The zero-order chi connectivity index (χ0) is 16.6. The Morgan fingerprint density at radius 2 is 2.17 bits per heavy atom. The number of nitrogens with one attached hydrogen (secondary N) is 2. The largest absolute Gasteiger partial charge is 0.459 e.